The third-order valence-corrected chi connectivity index (χ3v) is 4.64. The Balaban J connectivity index is 1.75. The molecule has 130 valence electrons. The van der Waals surface area contributed by atoms with Crippen LogP contribution in [0.2, 0.25) is 0 Å². The third kappa shape index (κ3) is 2.88. The van der Waals surface area contributed by atoms with Crippen molar-refractivity contribution in [3.05, 3.63) is 72.6 Å². The van der Waals surface area contributed by atoms with Gasteiger partial charge in [0, 0.05) is 13.1 Å². The van der Waals surface area contributed by atoms with Gasteiger partial charge in [0.15, 0.2) is 0 Å². The fourth-order valence-corrected chi connectivity index (χ4v) is 3.19. The van der Waals surface area contributed by atoms with Crippen molar-refractivity contribution < 1.29 is 5.11 Å². The first kappa shape index (κ1) is 16.1. The molecule has 0 aliphatic carbocycles. The van der Waals surface area contributed by atoms with Gasteiger partial charge in [-0.05, 0) is 48.4 Å². The maximum atomic E-state index is 9.53. The molecule has 0 unspecified atom stereocenters. The topological polar surface area (TPSA) is 63.0 Å². The van der Waals surface area contributed by atoms with Crippen molar-refractivity contribution in [1.29, 1.82) is 0 Å². The number of hydrogen-bond acceptors (Lipinski definition) is 4. The number of hydrogen-bond donors (Lipinski definition) is 2. The van der Waals surface area contributed by atoms with Gasteiger partial charge in [0.2, 0.25) is 0 Å². The van der Waals surface area contributed by atoms with Gasteiger partial charge in [-0.3, -0.25) is 0 Å². The average Bonchev–Trinajstić information content (AvgIpc) is 3.01. The standard InChI is InChI=1S/C21H20N4O/c1-14(15-6-4-3-5-7-15)24-20-18-12-19(16-8-10-17(26)11-9-16)25(2)21(18)23-13-22-20/h3-14,26H,1-2H3,(H,22,23,24)/t14-/m1/s1. The van der Waals surface area contributed by atoms with Crippen molar-refractivity contribution in [2.75, 3.05) is 5.32 Å². The molecular formula is C21H20N4O. The number of phenols is 1. The minimum absolute atomic E-state index is 0.131. The van der Waals surface area contributed by atoms with Gasteiger partial charge in [0.05, 0.1) is 11.1 Å². The van der Waals surface area contributed by atoms with Crippen molar-refractivity contribution in [3.63, 3.8) is 0 Å². The molecule has 2 N–H and O–H groups in total. The van der Waals surface area contributed by atoms with Crippen molar-refractivity contribution in [2.45, 2.75) is 13.0 Å². The molecule has 0 bridgehead atoms. The second-order valence-corrected chi connectivity index (χ2v) is 6.37. The maximum Gasteiger partial charge on any atom is 0.145 e. The second-order valence-electron chi connectivity index (χ2n) is 6.37. The van der Waals surface area contributed by atoms with Crippen LogP contribution in [-0.2, 0) is 7.05 Å². The quantitative estimate of drug-likeness (QED) is 0.571. The first-order valence-electron chi connectivity index (χ1n) is 8.55. The van der Waals surface area contributed by atoms with Crippen LogP contribution >= 0.6 is 0 Å². The molecule has 0 aliphatic rings. The lowest BCUT2D eigenvalue weighted by Crippen LogP contribution is -2.08. The van der Waals surface area contributed by atoms with Crippen molar-refractivity contribution in [1.82, 2.24) is 14.5 Å². The molecular weight excluding hydrogens is 324 g/mol. The van der Waals surface area contributed by atoms with Gasteiger partial charge in [-0.15, -0.1) is 0 Å². The number of aromatic nitrogens is 3. The van der Waals surface area contributed by atoms with Crippen LogP contribution < -0.4 is 5.32 Å². The minimum Gasteiger partial charge on any atom is -0.508 e. The summed E-state index contributed by atoms with van der Waals surface area (Å²) >= 11 is 0. The predicted octanol–water partition coefficient (Wildman–Crippen LogP) is 4.51. The van der Waals surface area contributed by atoms with E-state index in [1.165, 1.54) is 5.56 Å². The molecule has 4 rings (SSSR count). The van der Waals surface area contributed by atoms with Crippen LogP contribution in [0, 0.1) is 0 Å². The molecule has 0 aliphatic heterocycles. The first-order valence-corrected chi connectivity index (χ1v) is 8.55. The molecule has 0 saturated heterocycles. The highest BCUT2D eigenvalue weighted by atomic mass is 16.3. The lowest BCUT2D eigenvalue weighted by molar-refractivity contribution is 0.475. The normalized spacial score (nSPS) is 12.2. The van der Waals surface area contributed by atoms with Gasteiger partial charge >= 0.3 is 0 Å². The van der Waals surface area contributed by atoms with Crippen LogP contribution in [0.25, 0.3) is 22.3 Å². The molecule has 0 fully saturated rings. The lowest BCUT2D eigenvalue weighted by Gasteiger charge is -2.15. The fourth-order valence-electron chi connectivity index (χ4n) is 3.19. The van der Waals surface area contributed by atoms with Gasteiger partial charge in [-0.25, -0.2) is 9.97 Å². The van der Waals surface area contributed by atoms with Crippen LogP contribution in [0.1, 0.15) is 18.5 Å². The number of nitrogens with zero attached hydrogens (tertiary/aromatic N) is 3. The van der Waals surface area contributed by atoms with E-state index in [0.29, 0.717) is 0 Å². The van der Waals surface area contributed by atoms with Crippen LogP contribution in [0.5, 0.6) is 5.75 Å². The van der Waals surface area contributed by atoms with Gasteiger partial charge in [0.25, 0.3) is 0 Å². The molecule has 4 aromatic rings. The summed E-state index contributed by atoms with van der Waals surface area (Å²) in [6.45, 7) is 2.12. The lowest BCUT2D eigenvalue weighted by atomic mass is 10.1. The molecule has 0 spiro atoms. The molecule has 5 heteroatoms. The summed E-state index contributed by atoms with van der Waals surface area (Å²) in [5.41, 5.74) is 4.11. The highest BCUT2D eigenvalue weighted by Crippen LogP contribution is 2.31. The number of nitrogens with one attached hydrogen (secondary N) is 1. The number of fused-ring (bicyclic) bond motifs is 1. The number of benzene rings is 2. The van der Waals surface area contributed by atoms with E-state index < -0.39 is 0 Å². The average molecular weight is 344 g/mol. The minimum atomic E-state index is 0.131. The van der Waals surface area contributed by atoms with E-state index in [1.54, 1.807) is 18.5 Å². The van der Waals surface area contributed by atoms with Gasteiger partial charge in [0.1, 0.15) is 23.5 Å². The number of aryl methyl sites for hydroxylation is 1. The smallest absolute Gasteiger partial charge is 0.145 e. The first-order chi connectivity index (χ1) is 12.6. The van der Waals surface area contributed by atoms with Gasteiger partial charge in [-0.2, -0.15) is 0 Å². The Morgan fingerprint density at radius 2 is 1.73 bits per heavy atom. The molecule has 2 aromatic heterocycles. The maximum absolute atomic E-state index is 9.53. The van der Waals surface area contributed by atoms with Gasteiger partial charge < -0.3 is 15.0 Å². The summed E-state index contributed by atoms with van der Waals surface area (Å²) in [6.07, 6.45) is 1.59. The SMILES string of the molecule is C[C@@H](Nc1ncnc2c1cc(-c1ccc(O)cc1)n2C)c1ccccc1. The highest BCUT2D eigenvalue weighted by Gasteiger charge is 2.15. The van der Waals surface area contributed by atoms with E-state index >= 15 is 0 Å². The Morgan fingerprint density at radius 3 is 2.46 bits per heavy atom. The Bertz CT molecular complexity index is 1040. The zero-order valence-corrected chi connectivity index (χ0v) is 14.7. The molecule has 0 amide bonds. The summed E-state index contributed by atoms with van der Waals surface area (Å²) in [7, 11) is 1.99. The largest absolute Gasteiger partial charge is 0.508 e. The highest BCUT2D eigenvalue weighted by molar-refractivity contribution is 5.92. The van der Waals surface area contributed by atoms with Crippen molar-refractivity contribution in [3.8, 4) is 17.0 Å². The summed E-state index contributed by atoms with van der Waals surface area (Å²) in [4.78, 5) is 8.91. The molecule has 0 radical (unpaired) electrons. The van der Waals surface area contributed by atoms with Gasteiger partial charge in [-0.1, -0.05) is 30.3 Å². The summed E-state index contributed by atoms with van der Waals surface area (Å²) in [5.74, 6) is 1.07. The van der Waals surface area contributed by atoms with Crippen molar-refractivity contribution >= 4 is 16.9 Å². The summed E-state index contributed by atoms with van der Waals surface area (Å²) in [5, 5.41) is 14.0. The Hall–Kier alpha value is -3.34. The van der Waals surface area contributed by atoms with Crippen LogP contribution in [0.15, 0.2) is 67.0 Å². The molecule has 5 nitrogen and oxygen atoms in total. The molecule has 0 saturated carbocycles. The van der Waals surface area contributed by atoms with Crippen LogP contribution in [0.4, 0.5) is 5.82 Å². The monoisotopic (exact) mass is 344 g/mol. The van der Waals surface area contributed by atoms with Crippen LogP contribution in [-0.4, -0.2) is 19.6 Å². The predicted molar refractivity (Wildman–Crippen MR) is 104 cm³/mol. The van der Waals surface area contributed by atoms with Crippen LogP contribution in [0.3, 0.4) is 0 Å². The Morgan fingerprint density at radius 1 is 1.00 bits per heavy atom. The van der Waals surface area contributed by atoms with E-state index in [-0.39, 0.29) is 11.8 Å². The van der Waals surface area contributed by atoms with Crippen molar-refractivity contribution in [2.24, 2.45) is 7.05 Å². The summed E-state index contributed by atoms with van der Waals surface area (Å²) < 4.78 is 2.04. The third-order valence-electron chi connectivity index (χ3n) is 4.64. The number of phenolic OH excluding ortho intramolecular Hbond substituents is 1. The van der Waals surface area contributed by atoms with E-state index in [0.717, 1.165) is 28.1 Å². The molecule has 1 atom stereocenters. The summed E-state index contributed by atoms with van der Waals surface area (Å²) in [6, 6.07) is 19.7. The van der Waals surface area contributed by atoms with E-state index in [4.69, 9.17) is 0 Å². The Kier molecular flexibility index (Phi) is 4.05. The molecule has 2 aromatic carbocycles. The Labute approximate surface area is 152 Å². The zero-order valence-electron chi connectivity index (χ0n) is 14.7. The van der Waals surface area contributed by atoms with E-state index in [9.17, 15) is 5.11 Å². The molecule has 2 heterocycles. The fraction of sp³-hybridized carbons (Fsp3) is 0.143. The van der Waals surface area contributed by atoms with E-state index in [2.05, 4.69) is 40.4 Å². The zero-order chi connectivity index (χ0) is 18.1. The number of aromatic hydroxyl groups is 1. The van der Waals surface area contributed by atoms with E-state index in [1.807, 2.05) is 41.9 Å². The number of rotatable bonds is 4. The number of anilines is 1. The second kappa shape index (κ2) is 6.52. The molecule has 26 heavy (non-hydrogen) atoms.